The van der Waals surface area contributed by atoms with Gasteiger partial charge in [0.05, 0.1) is 9.79 Å². The molecule has 0 aliphatic heterocycles. The van der Waals surface area contributed by atoms with Gasteiger partial charge in [0.15, 0.2) is 0 Å². The van der Waals surface area contributed by atoms with Crippen LogP contribution in [0.25, 0.3) is 10.8 Å². The summed E-state index contributed by atoms with van der Waals surface area (Å²) >= 11 is 0. The predicted octanol–water partition coefficient (Wildman–Crippen LogP) is 6.57. The van der Waals surface area contributed by atoms with Crippen LogP contribution in [0.2, 0.25) is 0 Å². The van der Waals surface area contributed by atoms with Gasteiger partial charge in [-0.25, -0.2) is 16.8 Å². The van der Waals surface area contributed by atoms with E-state index in [1.165, 1.54) is 16.7 Å². The minimum Gasteiger partial charge on any atom is -0.330 e. The van der Waals surface area contributed by atoms with Gasteiger partial charge in [0.2, 0.25) is 0 Å². The highest BCUT2D eigenvalue weighted by molar-refractivity contribution is 7.93. The van der Waals surface area contributed by atoms with Crippen LogP contribution < -0.4 is 15.2 Å². The number of hydrogen-bond acceptors (Lipinski definition) is 6. The third-order valence-electron chi connectivity index (χ3n) is 7.93. The highest BCUT2D eigenvalue weighted by atomic mass is 32.2. The molecule has 0 fully saturated rings. The Balaban J connectivity index is 0.000000182. The molecule has 1 unspecified atom stereocenters. The first kappa shape index (κ1) is 33.2. The van der Waals surface area contributed by atoms with E-state index in [9.17, 15) is 16.8 Å². The van der Waals surface area contributed by atoms with E-state index >= 15 is 0 Å². The first-order valence-corrected chi connectivity index (χ1v) is 18.2. The molecule has 10 heteroatoms. The lowest BCUT2D eigenvalue weighted by Gasteiger charge is -2.25. The molecule has 46 heavy (non-hydrogen) atoms. The summed E-state index contributed by atoms with van der Waals surface area (Å²) in [5, 5.41) is 2.15. The fraction of sp³-hybridized carbons (Fsp3) is 0.222. The average Bonchev–Trinajstić information content (AvgIpc) is 3.05. The fourth-order valence-electron chi connectivity index (χ4n) is 5.74. The molecule has 0 aromatic heterocycles. The van der Waals surface area contributed by atoms with E-state index in [2.05, 4.69) is 20.4 Å². The van der Waals surface area contributed by atoms with Crippen molar-refractivity contribution in [2.75, 3.05) is 30.1 Å². The zero-order valence-electron chi connectivity index (χ0n) is 26.1. The Labute approximate surface area is 272 Å². The van der Waals surface area contributed by atoms with Crippen molar-refractivity contribution in [2.24, 2.45) is 5.73 Å². The molecule has 0 spiro atoms. The monoisotopic (exact) mass is 656 g/mol. The average molecular weight is 657 g/mol. The zero-order chi connectivity index (χ0) is 32.7. The lowest BCUT2D eigenvalue weighted by Crippen LogP contribution is -2.19. The number of nitrogens with zero attached hydrogens (tertiary/aromatic N) is 1. The molecule has 1 aliphatic rings. The van der Waals surface area contributed by atoms with Crippen molar-refractivity contribution in [2.45, 2.75) is 41.5 Å². The summed E-state index contributed by atoms with van der Waals surface area (Å²) in [6.45, 7) is 1.48. The molecule has 0 saturated carbocycles. The van der Waals surface area contributed by atoms with Crippen molar-refractivity contribution in [1.29, 1.82) is 0 Å². The van der Waals surface area contributed by atoms with Gasteiger partial charge in [-0.3, -0.25) is 9.44 Å². The second kappa shape index (κ2) is 14.5. The Morgan fingerprint density at radius 1 is 0.717 bits per heavy atom. The maximum atomic E-state index is 12.4. The first-order valence-electron chi connectivity index (χ1n) is 15.2. The number of sulfonamides is 2. The summed E-state index contributed by atoms with van der Waals surface area (Å²) in [5.41, 5.74) is 10.7. The Hall–Kier alpha value is -4.22. The second-order valence-corrected chi connectivity index (χ2v) is 15.0. The van der Waals surface area contributed by atoms with E-state index in [4.69, 9.17) is 5.73 Å². The van der Waals surface area contributed by atoms with Gasteiger partial charge in [0, 0.05) is 17.9 Å². The van der Waals surface area contributed by atoms with E-state index in [0.29, 0.717) is 23.8 Å². The van der Waals surface area contributed by atoms with Crippen molar-refractivity contribution in [3.05, 3.63) is 132 Å². The van der Waals surface area contributed by atoms with Gasteiger partial charge in [0.1, 0.15) is 0 Å². The van der Waals surface area contributed by atoms with Crippen molar-refractivity contribution in [3.8, 4) is 0 Å². The molecule has 6 rings (SSSR count). The van der Waals surface area contributed by atoms with E-state index in [1.807, 2.05) is 62.6 Å². The molecule has 240 valence electrons. The van der Waals surface area contributed by atoms with E-state index in [-0.39, 0.29) is 9.79 Å². The number of hydrogen-bond donors (Lipinski definition) is 3. The van der Waals surface area contributed by atoms with Gasteiger partial charge in [0.25, 0.3) is 20.0 Å². The molecule has 1 atom stereocenters. The lowest BCUT2D eigenvalue weighted by molar-refractivity contribution is 0.404. The van der Waals surface area contributed by atoms with Crippen LogP contribution in [0, 0.1) is 0 Å². The lowest BCUT2D eigenvalue weighted by atomic mass is 9.83. The molecule has 0 heterocycles. The van der Waals surface area contributed by atoms with Gasteiger partial charge >= 0.3 is 0 Å². The summed E-state index contributed by atoms with van der Waals surface area (Å²) in [6, 6.07) is 34.3. The summed E-state index contributed by atoms with van der Waals surface area (Å²) in [6.07, 6.45) is 3.19. The molecule has 4 N–H and O–H groups in total. The molecular formula is C36H40N4O4S2. The van der Waals surface area contributed by atoms with E-state index in [1.54, 1.807) is 60.7 Å². The second-order valence-electron chi connectivity index (χ2n) is 11.7. The number of nitrogens with one attached hydrogen (secondary N) is 2. The topological polar surface area (TPSA) is 122 Å². The van der Waals surface area contributed by atoms with Gasteiger partial charge in [-0.15, -0.1) is 0 Å². The van der Waals surface area contributed by atoms with Crippen LogP contribution in [0.5, 0.6) is 0 Å². The summed E-state index contributed by atoms with van der Waals surface area (Å²) in [4.78, 5) is 2.64. The molecule has 0 saturated heterocycles. The minimum atomic E-state index is -3.57. The highest BCUT2D eigenvalue weighted by Crippen LogP contribution is 2.33. The van der Waals surface area contributed by atoms with Gasteiger partial charge < -0.3 is 10.6 Å². The fourth-order valence-corrected chi connectivity index (χ4v) is 7.88. The van der Waals surface area contributed by atoms with Crippen LogP contribution in [-0.2, 0) is 33.0 Å². The normalized spacial score (nSPS) is 14.7. The largest absolute Gasteiger partial charge is 0.330 e. The minimum absolute atomic E-state index is 0.256. The zero-order valence-corrected chi connectivity index (χ0v) is 27.7. The van der Waals surface area contributed by atoms with Crippen LogP contribution in [-0.4, -0.2) is 42.4 Å². The van der Waals surface area contributed by atoms with Crippen LogP contribution in [0.3, 0.4) is 0 Å². The standard InChI is InChI=1S/C19H20N2O2S.C17H20N2O2S/c1-21(2)14-16-8-6-7-15-13-17(11-12-19(15)16)20-24(22,23)18-9-4-3-5-10-18;18-12-14-6-4-5-13-11-15(9-10-17(13)14)19-22(20,21)16-7-2-1-3-8-16/h3-13,20H,14H2,1-2H3;1-3,7-11,14,19H,4-6,12,18H2. The van der Waals surface area contributed by atoms with Crippen LogP contribution in [0.4, 0.5) is 11.4 Å². The molecule has 5 aromatic rings. The number of anilines is 2. The molecule has 8 nitrogen and oxygen atoms in total. The van der Waals surface area contributed by atoms with Gasteiger partial charge in [-0.2, -0.15) is 0 Å². The molecule has 0 bridgehead atoms. The molecule has 1 aliphatic carbocycles. The summed E-state index contributed by atoms with van der Waals surface area (Å²) < 4.78 is 54.9. The Kier molecular flexibility index (Phi) is 10.4. The highest BCUT2D eigenvalue weighted by Gasteiger charge is 2.21. The van der Waals surface area contributed by atoms with E-state index in [0.717, 1.165) is 36.6 Å². The molecular weight excluding hydrogens is 617 g/mol. The van der Waals surface area contributed by atoms with Gasteiger partial charge in [-0.05, 0) is 122 Å². The number of nitrogens with two attached hydrogens (primary N) is 1. The van der Waals surface area contributed by atoms with Crippen molar-refractivity contribution in [3.63, 3.8) is 0 Å². The quantitative estimate of drug-likeness (QED) is 0.165. The molecule has 0 amide bonds. The van der Waals surface area contributed by atoms with Crippen LogP contribution in [0.1, 0.15) is 35.4 Å². The van der Waals surface area contributed by atoms with Crippen molar-refractivity contribution < 1.29 is 16.8 Å². The molecule has 0 radical (unpaired) electrons. The Morgan fingerprint density at radius 3 is 1.89 bits per heavy atom. The Morgan fingerprint density at radius 2 is 1.30 bits per heavy atom. The summed E-state index contributed by atoms with van der Waals surface area (Å²) in [5.74, 6) is 0.392. The van der Waals surface area contributed by atoms with Crippen molar-refractivity contribution in [1.82, 2.24) is 4.90 Å². The predicted molar refractivity (Wildman–Crippen MR) is 187 cm³/mol. The number of benzene rings is 5. The third kappa shape index (κ3) is 8.13. The first-order chi connectivity index (χ1) is 22.1. The maximum absolute atomic E-state index is 12.4. The van der Waals surface area contributed by atoms with E-state index < -0.39 is 20.0 Å². The number of aryl methyl sites for hydroxylation is 1. The third-order valence-corrected chi connectivity index (χ3v) is 10.7. The smallest absolute Gasteiger partial charge is 0.261 e. The van der Waals surface area contributed by atoms with Gasteiger partial charge in [-0.1, -0.05) is 66.7 Å². The van der Waals surface area contributed by atoms with Crippen molar-refractivity contribution >= 4 is 42.2 Å². The SMILES string of the molecule is CN(C)Cc1cccc2cc(NS(=O)(=O)c3ccccc3)ccc12.NCC1CCCc2cc(NS(=O)(=O)c3ccccc3)ccc21. The summed E-state index contributed by atoms with van der Waals surface area (Å²) in [7, 11) is -3.05. The Bertz CT molecular complexity index is 2000. The maximum Gasteiger partial charge on any atom is 0.261 e. The number of fused-ring (bicyclic) bond motifs is 2. The molecule has 5 aromatic carbocycles. The number of rotatable bonds is 9. The van der Waals surface area contributed by atoms with Crippen LogP contribution >= 0.6 is 0 Å². The van der Waals surface area contributed by atoms with Crippen LogP contribution in [0.15, 0.2) is 125 Å².